The van der Waals surface area contributed by atoms with E-state index in [1.807, 2.05) is 0 Å². The van der Waals surface area contributed by atoms with Gasteiger partial charge >= 0.3 is 6.03 Å². The van der Waals surface area contributed by atoms with E-state index in [1.165, 1.54) is 0 Å². The van der Waals surface area contributed by atoms with Crippen molar-refractivity contribution in [2.75, 3.05) is 19.6 Å². The lowest BCUT2D eigenvalue weighted by molar-refractivity contribution is -0.130. The molecule has 112 valence electrons. The van der Waals surface area contributed by atoms with Crippen LogP contribution in [0.3, 0.4) is 0 Å². The first-order chi connectivity index (χ1) is 10.1. The number of ether oxygens (including phenoxy) is 1. The van der Waals surface area contributed by atoms with Crippen LogP contribution in [0.5, 0.6) is 5.75 Å². The van der Waals surface area contributed by atoms with E-state index in [-0.39, 0.29) is 25.7 Å². The minimum Gasteiger partial charge on any atom is -0.487 e. The van der Waals surface area contributed by atoms with Crippen LogP contribution >= 0.6 is 0 Å². The maximum absolute atomic E-state index is 11.7. The number of pyridine rings is 1. The molecule has 1 unspecified atom stereocenters. The minimum absolute atomic E-state index is 0.0629. The quantitative estimate of drug-likeness (QED) is 0.690. The molecule has 1 aromatic rings. The summed E-state index contributed by atoms with van der Waals surface area (Å²) < 4.78 is 5.54. The van der Waals surface area contributed by atoms with Gasteiger partial charge < -0.3 is 15.4 Å². The molecule has 8 heteroatoms. The van der Waals surface area contributed by atoms with Gasteiger partial charge in [0.05, 0.1) is 19.3 Å². The van der Waals surface area contributed by atoms with Gasteiger partial charge in [-0.2, -0.15) is 0 Å². The summed E-state index contributed by atoms with van der Waals surface area (Å²) in [6, 6.07) is 2.96. The Morgan fingerprint density at radius 1 is 1.57 bits per heavy atom. The normalized spacial score (nSPS) is 15.6. The molecular formula is C13H16N4O4. The first kappa shape index (κ1) is 14.8. The van der Waals surface area contributed by atoms with Crippen LogP contribution in [0.4, 0.5) is 4.79 Å². The van der Waals surface area contributed by atoms with Crippen molar-refractivity contribution in [2.24, 2.45) is 0 Å². The van der Waals surface area contributed by atoms with E-state index < -0.39 is 17.8 Å². The number of rotatable bonds is 6. The summed E-state index contributed by atoms with van der Waals surface area (Å²) in [5.74, 6) is -0.217. The summed E-state index contributed by atoms with van der Waals surface area (Å²) >= 11 is 0. The van der Waals surface area contributed by atoms with Crippen LogP contribution < -0.4 is 15.4 Å². The van der Waals surface area contributed by atoms with Crippen molar-refractivity contribution in [3.8, 4) is 5.75 Å². The fourth-order valence-electron chi connectivity index (χ4n) is 1.76. The van der Waals surface area contributed by atoms with Gasteiger partial charge in [-0.15, -0.1) is 0 Å². The summed E-state index contributed by atoms with van der Waals surface area (Å²) in [6.45, 7) is 1.70. The van der Waals surface area contributed by atoms with Gasteiger partial charge in [-0.25, -0.2) is 4.79 Å². The molecule has 4 amide bonds. The molecule has 1 aliphatic heterocycles. The van der Waals surface area contributed by atoms with E-state index in [1.54, 1.807) is 31.5 Å². The zero-order valence-corrected chi connectivity index (χ0v) is 11.5. The van der Waals surface area contributed by atoms with Crippen LogP contribution in [0, 0.1) is 0 Å². The Kier molecular flexibility index (Phi) is 4.70. The monoisotopic (exact) mass is 292 g/mol. The lowest BCUT2D eigenvalue weighted by atomic mass is 10.3. The van der Waals surface area contributed by atoms with E-state index in [9.17, 15) is 14.4 Å². The number of aromatic nitrogens is 1. The maximum Gasteiger partial charge on any atom is 0.325 e. The SMILES string of the molecule is CC(CNC(=O)CN1C(=O)CNC1=O)Oc1cccnc1. The number of hydrogen-bond acceptors (Lipinski definition) is 5. The summed E-state index contributed by atoms with van der Waals surface area (Å²) in [5.41, 5.74) is 0. The Bertz CT molecular complexity index is 518. The molecule has 2 heterocycles. The Hall–Kier alpha value is -2.64. The van der Waals surface area contributed by atoms with Gasteiger partial charge in [0.25, 0.3) is 5.91 Å². The second kappa shape index (κ2) is 6.69. The van der Waals surface area contributed by atoms with E-state index in [2.05, 4.69) is 15.6 Å². The summed E-state index contributed by atoms with van der Waals surface area (Å²) in [6.07, 6.45) is 2.95. The third kappa shape index (κ3) is 4.16. The lowest BCUT2D eigenvalue weighted by Gasteiger charge is -2.16. The number of amides is 4. The van der Waals surface area contributed by atoms with Gasteiger partial charge in [-0.1, -0.05) is 0 Å². The fraction of sp³-hybridized carbons (Fsp3) is 0.385. The second-order valence-electron chi connectivity index (χ2n) is 4.56. The van der Waals surface area contributed by atoms with Crippen LogP contribution in [-0.2, 0) is 9.59 Å². The Morgan fingerprint density at radius 2 is 2.38 bits per heavy atom. The molecule has 0 spiro atoms. The number of hydrogen-bond donors (Lipinski definition) is 2. The van der Waals surface area contributed by atoms with E-state index in [0.717, 1.165) is 4.90 Å². The van der Waals surface area contributed by atoms with Gasteiger partial charge in [0, 0.05) is 6.20 Å². The van der Waals surface area contributed by atoms with Crippen molar-refractivity contribution < 1.29 is 19.1 Å². The molecular weight excluding hydrogens is 276 g/mol. The first-order valence-corrected chi connectivity index (χ1v) is 6.48. The zero-order valence-electron chi connectivity index (χ0n) is 11.5. The molecule has 0 radical (unpaired) electrons. The Morgan fingerprint density at radius 3 is 3.00 bits per heavy atom. The van der Waals surface area contributed by atoms with Crippen molar-refractivity contribution >= 4 is 17.8 Å². The van der Waals surface area contributed by atoms with Crippen molar-refractivity contribution in [1.82, 2.24) is 20.5 Å². The summed E-state index contributed by atoms with van der Waals surface area (Å²) in [7, 11) is 0. The number of carbonyl (C=O) groups excluding carboxylic acids is 3. The van der Waals surface area contributed by atoms with Gasteiger partial charge in [0.2, 0.25) is 5.91 Å². The predicted octanol–water partition coefficient (Wildman–Crippen LogP) is -0.483. The Balaban J connectivity index is 1.73. The molecule has 8 nitrogen and oxygen atoms in total. The molecule has 1 fully saturated rings. The van der Waals surface area contributed by atoms with Crippen molar-refractivity contribution in [3.05, 3.63) is 24.5 Å². The summed E-state index contributed by atoms with van der Waals surface area (Å²) in [5, 5.41) is 4.96. The number of nitrogens with one attached hydrogen (secondary N) is 2. The predicted molar refractivity (Wildman–Crippen MR) is 72.4 cm³/mol. The number of urea groups is 1. The van der Waals surface area contributed by atoms with Crippen molar-refractivity contribution in [2.45, 2.75) is 13.0 Å². The third-order valence-electron chi connectivity index (χ3n) is 2.80. The maximum atomic E-state index is 11.7. The van der Waals surface area contributed by atoms with Crippen LogP contribution in [0.1, 0.15) is 6.92 Å². The lowest BCUT2D eigenvalue weighted by Crippen LogP contribution is -2.43. The van der Waals surface area contributed by atoms with Crippen LogP contribution in [0.2, 0.25) is 0 Å². The molecule has 1 atom stereocenters. The molecule has 0 bridgehead atoms. The fourth-order valence-corrected chi connectivity index (χ4v) is 1.76. The third-order valence-corrected chi connectivity index (χ3v) is 2.80. The van der Waals surface area contributed by atoms with Gasteiger partial charge in [0.1, 0.15) is 18.4 Å². The minimum atomic E-state index is -0.546. The van der Waals surface area contributed by atoms with Gasteiger partial charge in [-0.3, -0.25) is 19.5 Å². The highest BCUT2D eigenvalue weighted by Crippen LogP contribution is 2.08. The Labute approximate surface area is 121 Å². The van der Waals surface area contributed by atoms with E-state index >= 15 is 0 Å². The van der Waals surface area contributed by atoms with E-state index in [0.29, 0.717) is 5.75 Å². The molecule has 1 aliphatic rings. The molecule has 1 saturated heterocycles. The van der Waals surface area contributed by atoms with Crippen LogP contribution in [0.15, 0.2) is 24.5 Å². The van der Waals surface area contributed by atoms with E-state index in [4.69, 9.17) is 4.74 Å². The van der Waals surface area contributed by atoms with Crippen LogP contribution in [0.25, 0.3) is 0 Å². The molecule has 0 aromatic carbocycles. The van der Waals surface area contributed by atoms with Gasteiger partial charge in [0.15, 0.2) is 0 Å². The molecule has 21 heavy (non-hydrogen) atoms. The zero-order chi connectivity index (χ0) is 15.2. The van der Waals surface area contributed by atoms with Crippen molar-refractivity contribution in [3.63, 3.8) is 0 Å². The molecule has 2 rings (SSSR count). The van der Waals surface area contributed by atoms with Gasteiger partial charge in [-0.05, 0) is 19.1 Å². The average molecular weight is 292 g/mol. The number of nitrogens with zero attached hydrogens (tertiary/aromatic N) is 2. The standard InChI is InChI=1S/C13H16N4O4/c1-9(21-10-3-2-4-14-6-10)5-15-11(18)8-17-12(19)7-16-13(17)20/h2-4,6,9H,5,7-8H2,1H3,(H,15,18)(H,16,20). The topological polar surface area (TPSA) is 101 Å². The molecule has 0 aliphatic carbocycles. The molecule has 0 saturated carbocycles. The molecule has 1 aromatic heterocycles. The second-order valence-corrected chi connectivity index (χ2v) is 4.56. The van der Waals surface area contributed by atoms with Crippen LogP contribution in [-0.4, -0.2) is 53.5 Å². The highest BCUT2D eigenvalue weighted by atomic mass is 16.5. The highest BCUT2D eigenvalue weighted by molar-refractivity contribution is 6.04. The first-order valence-electron chi connectivity index (χ1n) is 6.48. The molecule has 2 N–H and O–H groups in total. The largest absolute Gasteiger partial charge is 0.487 e. The average Bonchev–Trinajstić information content (AvgIpc) is 2.78. The highest BCUT2D eigenvalue weighted by Gasteiger charge is 2.30. The summed E-state index contributed by atoms with van der Waals surface area (Å²) in [4.78, 5) is 39.1. The smallest absolute Gasteiger partial charge is 0.325 e. The number of carbonyl (C=O) groups is 3. The van der Waals surface area contributed by atoms with Crippen molar-refractivity contribution in [1.29, 1.82) is 0 Å². The number of imide groups is 1.